The van der Waals surface area contributed by atoms with Crippen molar-refractivity contribution < 1.29 is 4.74 Å². The molecule has 14 heavy (non-hydrogen) atoms. The molecule has 3 nitrogen and oxygen atoms in total. The van der Waals surface area contributed by atoms with Crippen molar-refractivity contribution in [2.45, 2.75) is 13.3 Å². The summed E-state index contributed by atoms with van der Waals surface area (Å²) < 4.78 is 5.24. The van der Waals surface area contributed by atoms with E-state index in [0.717, 1.165) is 24.4 Å². The van der Waals surface area contributed by atoms with Gasteiger partial charge in [-0.25, -0.2) is 0 Å². The van der Waals surface area contributed by atoms with Crippen LogP contribution in [-0.4, -0.2) is 25.7 Å². The van der Waals surface area contributed by atoms with E-state index in [1.54, 1.807) is 7.11 Å². The van der Waals surface area contributed by atoms with E-state index < -0.39 is 0 Å². The molecule has 1 N–H and O–H groups in total. The Labute approximate surface area is 85.5 Å². The largest absolute Gasteiger partial charge is 0.495 e. The summed E-state index contributed by atoms with van der Waals surface area (Å²) in [5.74, 6) is 1.46. The number of rotatable bonds is 5. The Morgan fingerprint density at radius 2 is 2.36 bits per heavy atom. The molecule has 1 unspecified atom stereocenters. The maximum Gasteiger partial charge on any atom is 0.140 e. The second kappa shape index (κ2) is 5.60. The standard InChI is InChI=1S/C11H18N2O/c1-9(8-12-2)7-10-11(14-3)5-4-6-13-10/h4-6,9,12H,7-8H2,1-3H3. The van der Waals surface area contributed by atoms with Gasteiger partial charge in [-0.2, -0.15) is 0 Å². The van der Waals surface area contributed by atoms with E-state index in [2.05, 4.69) is 17.2 Å². The Kier molecular flexibility index (Phi) is 4.40. The Hall–Kier alpha value is -1.09. The average Bonchev–Trinajstić information content (AvgIpc) is 2.19. The minimum Gasteiger partial charge on any atom is -0.495 e. The number of methoxy groups -OCH3 is 1. The minimum absolute atomic E-state index is 0.573. The fourth-order valence-corrected chi connectivity index (χ4v) is 1.51. The fourth-order valence-electron chi connectivity index (χ4n) is 1.51. The SMILES string of the molecule is CNCC(C)Cc1ncccc1OC. The highest BCUT2D eigenvalue weighted by molar-refractivity contribution is 5.26. The third kappa shape index (κ3) is 3.00. The van der Waals surface area contributed by atoms with Crippen molar-refractivity contribution >= 4 is 0 Å². The van der Waals surface area contributed by atoms with Gasteiger partial charge in [0.1, 0.15) is 5.75 Å². The first-order valence-corrected chi connectivity index (χ1v) is 4.90. The number of nitrogens with one attached hydrogen (secondary N) is 1. The molecule has 0 saturated carbocycles. The number of ether oxygens (including phenoxy) is 1. The van der Waals surface area contributed by atoms with Gasteiger partial charge in [-0.05, 0) is 38.1 Å². The quantitative estimate of drug-likeness (QED) is 0.771. The molecule has 0 aliphatic rings. The highest BCUT2D eigenvalue weighted by atomic mass is 16.5. The van der Waals surface area contributed by atoms with Crippen LogP contribution >= 0.6 is 0 Å². The van der Waals surface area contributed by atoms with Gasteiger partial charge in [0.25, 0.3) is 0 Å². The summed E-state index contributed by atoms with van der Waals surface area (Å²) in [6.45, 7) is 3.20. The molecule has 1 rings (SSSR count). The highest BCUT2D eigenvalue weighted by Crippen LogP contribution is 2.17. The molecular weight excluding hydrogens is 176 g/mol. The molecule has 1 aromatic rings. The predicted molar refractivity (Wildman–Crippen MR) is 57.6 cm³/mol. The van der Waals surface area contributed by atoms with Crippen LogP contribution in [0.15, 0.2) is 18.3 Å². The zero-order valence-electron chi connectivity index (χ0n) is 9.08. The Bertz CT molecular complexity index is 276. The lowest BCUT2D eigenvalue weighted by Crippen LogP contribution is -2.18. The van der Waals surface area contributed by atoms with Crippen LogP contribution in [0, 0.1) is 5.92 Å². The van der Waals surface area contributed by atoms with E-state index in [-0.39, 0.29) is 0 Å². The third-order valence-corrected chi connectivity index (χ3v) is 2.16. The molecule has 0 spiro atoms. The van der Waals surface area contributed by atoms with Crippen molar-refractivity contribution in [1.29, 1.82) is 0 Å². The first-order chi connectivity index (χ1) is 6.77. The van der Waals surface area contributed by atoms with Crippen LogP contribution < -0.4 is 10.1 Å². The lowest BCUT2D eigenvalue weighted by Gasteiger charge is -2.12. The number of nitrogens with zero attached hydrogens (tertiary/aromatic N) is 1. The molecule has 3 heteroatoms. The van der Waals surface area contributed by atoms with E-state index in [9.17, 15) is 0 Å². The summed E-state index contributed by atoms with van der Waals surface area (Å²) in [6, 6.07) is 3.85. The van der Waals surface area contributed by atoms with Crippen LogP contribution in [0.25, 0.3) is 0 Å². The van der Waals surface area contributed by atoms with Crippen molar-refractivity contribution in [3.8, 4) is 5.75 Å². The minimum atomic E-state index is 0.573. The van der Waals surface area contributed by atoms with Gasteiger partial charge in [0.15, 0.2) is 0 Å². The maximum atomic E-state index is 5.24. The first kappa shape index (κ1) is 11.0. The molecule has 1 heterocycles. The lowest BCUT2D eigenvalue weighted by atomic mass is 10.0. The van der Waals surface area contributed by atoms with Crippen LogP contribution in [-0.2, 0) is 6.42 Å². The van der Waals surface area contributed by atoms with Crippen molar-refractivity contribution in [2.24, 2.45) is 5.92 Å². The van der Waals surface area contributed by atoms with E-state index in [1.807, 2.05) is 25.4 Å². The Balaban J connectivity index is 2.65. The Morgan fingerprint density at radius 1 is 1.57 bits per heavy atom. The summed E-state index contributed by atoms with van der Waals surface area (Å²) >= 11 is 0. The van der Waals surface area contributed by atoms with Gasteiger partial charge in [0.2, 0.25) is 0 Å². The summed E-state index contributed by atoms with van der Waals surface area (Å²) in [5.41, 5.74) is 1.04. The van der Waals surface area contributed by atoms with Gasteiger partial charge in [0, 0.05) is 6.20 Å². The molecule has 0 amide bonds. The first-order valence-electron chi connectivity index (χ1n) is 4.90. The smallest absolute Gasteiger partial charge is 0.140 e. The fraction of sp³-hybridized carbons (Fsp3) is 0.545. The molecule has 1 aromatic heterocycles. The van der Waals surface area contributed by atoms with E-state index in [0.29, 0.717) is 5.92 Å². The zero-order valence-corrected chi connectivity index (χ0v) is 9.08. The van der Waals surface area contributed by atoms with Crippen LogP contribution in [0.5, 0.6) is 5.75 Å². The van der Waals surface area contributed by atoms with Crippen LogP contribution in [0.4, 0.5) is 0 Å². The van der Waals surface area contributed by atoms with Crippen LogP contribution in [0.1, 0.15) is 12.6 Å². The molecule has 0 aliphatic heterocycles. The predicted octanol–water partition coefficient (Wildman–Crippen LogP) is 1.49. The van der Waals surface area contributed by atoms with Gasteiger partial charge in [-0.1, -0.05) is 6.92 Å². The molecule has 0 fully saturated rings. The van der Waals surface area contributed by atoms with Crippen molar-refractivity contribution in [3.63, 3.8) is 0 Å². The van der Waals surface area contributed by atoms with Gasteiger partial charge < -0.3 is 10.1 Å². The second-order valence-electron chi connectivity index (χ2n) is 3.52. The molecule has 0 saturated heterocycles. The highest BCUT2D eigenvalue weighted by Gasteiger charge is 2.08. The van der Waals surface area contributed by atoms with Gasteiger partial charge >= 0.3 is 0 Å². The zero-order chi connectivity index (χ0) is 10.4. The molecule has 0 aromatic carbocycles. The van der Waals surface area contributed by atoms with Gasteiger partial charge in [-0.15, -0.1) is 0 Å². The molecule has 0 radical (unpaired) electrons. The molecule has 1 atom stereocenters. The van der Waals surface area contributed by atoms with Crippen LogP contribution in [0.3, 0.4) is 0 Å². The van der Waals surface area contributed by atoms with Crippen LogP contribution in [0.2, 0.25) is 0 Å². The number of aromatic nitrogens is 1. The summed E-state index contributed by atoms with van der Waals surface area (Å²) in [5, 5.41) is 3.16. The Morgan fingerprint density at radius 3 is 3.00 bits per heavy atom. The molecular formula is C11H18N2O. The number of hydrogen-bond donors (Lipinski definition) is 1. The number of hydrogen-bond acceptors (Lipinski definition) is 3. The normalized spacial score (nSPS) is 12.5. The summed E-state index contributed by atoms with van der Waals surface area (Å²) in [7, 11) is 3.65. The maximum absolute atomic E-state index is 5.24. The van der Waals surface area contributed by atoms with E-state index in [4.69, 9.17) is 4.74 Å². The van der Waals surface area contributed by atoms with Crippen molar-refractivity contribution in [2.75, 3.05) is 20.7 Å². The average molecular weight is 194 g/mol. The summed E-state index contributed by atoms with van der Waals surface area (Å²) in [4.78, 5) is 4.32. The van der Waals surface area contributed by atoms with E-state index in [1.165, 1.54) is 0 Å². The second-order valence-corrected chi connectivity index (χ2v) is 3.52. The molecule has 0 aliphatic carbocycles. The third-order valence-electron chi connectivity index (χ3n) is 2.16. The van der Waals surface area contributed by atoms with Crippen molar-refractivity contribution in [1.82, 2.24) is 10.3 Å². The van der Waals surface area contributed by atoms with Gasteiger partial charge in [-0.3, -0.25) is 4.98 Å². The van der Waals surface area contributed by atoms with Gasteiger partial charge in [0.05, 0.1) is 12.8 Å². The monoisotopic (exact) mass is 194 g/mol. The van der Waals surface area contributed by atoms with E-state index >= 15 is 0 Å². The summed E-state index contributed by atoms with van der Waals surface area (Å²) in [6.07, 6.45) is 2.76. The topological polar surface area (TPSA) is 34.2 Å². The molecule has 78 valence electrons. The van der Waals surface area contributed by atoms with Crippen molar-refractivity contribution in [3.05, 3.63) is 24.0 Å². The lowest BCUT2D eigenvalue weighted by molar-refractivity contribution is 0.401. The number of pyridine rings is 1. The molecule has 0 bridgehead atoms.